The standard InChI is InChI=1S/C16H26N4/c1-3-8-17-15-9-16(19-14(4-2)18-15)20-10-12-6-5-7-13(12)11-20/h9,12-13H,3-8,10-11H2,1-2H3,(H,17,18,19). The third kappa shape index (κ3) is 2.74. The maximum atomic E-state index is 4.74. The van der Waals surface area contributed by atoms with Gasteiger partial charge in [0.15, 0.2) is 0 Å². The van der Waals surface area contributed by atoms with Crippen LogP contribution in [0.2, 0.25) is 0 Å². The fourth-order valence-electron chi connectivity index (χ4n) is 3.57. The number of hydrogen-bond acceptors (Lipinski definition) is 4. The van der Waals surface area contributed by atoms with Gasteiger partial charge < -0.3 is 10.2 Å². The number of rotatable bonds is 5. The molecule has 20 heavy (non-hydrogen) atoms. The summed E-state index contributed by atoms with van der Waals surface area (Å²) in [7, 11) is 0. The van der Waals surface area contributed by atoms with E-state index < -0.39 is 0 Å². The first-order valence-corrected chi connectivity index (χ1v) is 8.17. The molecule has 1 aromatic rings. The molecule has 110 valence electrons. The summed E-state index contributed by atoms with van der Waals surface area (Å²) in [6.45, 7) is 7.67. The Hall–Kier alpha value is -1.32. The Balaban J connectivity index is 1.78. The number of nitrogens with zero attached hydrogens (tertiary/aromatic N) is 3. The van der Waals surface area contributed by atoms with Gasteiger partial charge in [-0.25, -0.2) is 9.97 Å². The molecule has 0 bridgehead atoms. The first kappa shape index (κ1) is 13.7. The van der Waals surface area contributed by atoms with Crippen molar-refractivity contribution < 1.29 is 0 Å². The fraction of sp³-hybridized carbons (Fsp3) is 0.750. The lowest BCUT2D eigenvalue weighted by molar-refractivity contribution is 0.494. The van der Waals surface area contributed by atoms with Crippen molar-refractivity contribution in [2.24, 2.45) is 11.8 Å². The lowest BCUT2D eigenvalue weighted by Gasteiger charge is -2.20. The molecule has 0 radical (unpaired) electrons. The lowest BCUT2D eigenvalue weighted by Crippen LogP contribution is -2.23. The Kier molecular flexibility index (Phi) is 4.08. The van der Waals surface area contributed by atoms with E-state index in [1.54, 1.807) is 0 Å². The van der Waals surface area contributed by atoms with Crippen LogP contribution in [0.4, 0.5) is 11.6 Å². The molecule has 1 aliphatic carbocycles. The van der Waals surface area contributed by atoms with Gasteiger partial charge in [-0.15, -0.1) is 0 Å². The van der Waals surface area contributed by atoms with Crippen molar-refractivity contribution in [2.45, 2.75) is 46.0 Å². The average molecular weight is 274 g/mol. The van der Waals surface area contributed by atoms with Crippen molar-refractivity contribution in [1.82, 2.24) is 9.97 Å². The largest absolute Gasteiger partial charge is 0.370 e. The molecule has 2 fully saturated rings. The highest BCUT2D eigenvalue weighted by molar-refractivity contribution is 5.50. The van der Waals surface area contributed by atoms with E-state index in [-0.39, 0.29) is 0 Å². The summed E-state index contributed by atoms with van der Waals surface area (Å²) in [4.78, 5) is 11.8. The van der Waals surface area contributed by atoms with Gasteiger partial charge in [0.1, 0.15) is 17.5 Å². The van der Waals surface area contributed by atoms with E-state index in [0.717, 1.165) is 48.7 Å². The first-order chi connectivity index (χ1) is 9.80. The maximum absolute atomic E-state index is 4.74. The lowest BCUT2D eigenvalue weighted by atomic mass is 10.0. The van der Waals surface area contributed by atoms with Crippen LogP contribution < -0.4 is 10.2 Å². The van der Waals surface area contributed by atoms with Crippen LogP contribution in [0.15, 0.2) is 6.07 Å². The van der Waals surface area contributed by atoms with Gasteiger partial charge in [0.25, 0.3) is 0 Å². The molecule has 2 atom stereocenters. The zero-order valence-electron chi connectivity index (χ0n) is 12.7. The van der Waals surface area contributed by atoms with Gasteiger partial charge in [-0.2, -0.15) is 0 Å². The van der Waals surface area contributed by atoms with Crippen LogP contribution in [0.1, 0.15) is 45.4 Å². The van der Waals surface area contributed by atoms with Crippen molar-refractivity contribution in [3.63, 3.8) is 0 Å². The van der Waals surface area contributed by atoms with E-state index in [1.165, 1.54) is 32.4 Å². The highest BCUT2D eigenvalue weighted by Gasteiger charge is 2.36. The highest BCUT2D eigenvalue weighted by Crippen LogP contribution is 2.39. The third-order valence-corrected chi connectivity index (χ3v) is 4.68. The van der Waals surface area contributed by atoms with Crippen molar-refractivity contribution in [1.29, 1.82) is 0 Å². The minimum absolute atomic E-state index is 0.898. The van der Waals surface area contributed by atoms with Crippen molar-refractivity contribution in [3.05, 3.63) is 11.9 Å². The van der Waals surface area contributed by atoms with Gasteiger partial charge in [0.05, 0.1) is 0 Å². The van der Waals surface area contributed by atoms with E-state index in [0.29, 0.717) is 0 Å². The Labute approximate surface area is 122 Å². The van der Waals surface area contributed by atoms with Crippen molar-refractivity contribution in [2.75, 3.05) is 29.9 Å². The summed E-state index contributed by atoms with van der Waals surface area (Å²) < 4.78 is 0. The van der Waals surface area contributed by atoms with E-state index in [1.807, 2.05) is 0 Å². The van der Waals surface area contributed by atoms with Gasteiger partial charge in [0.2, 0.25) is 0 Å². The molecule has 1 aliphatic heterocycles. The van der Waals surface area contributed by atoms with Gasteiger partial charge in [-0.05, 0) is 31.1 Å². The summed E-state index contributed by atoms with van der Waals surface area (Å²) in [5.41, 5.74) is 0. The number of aryl methyl sites for hydroxylation is 1. The van der Waals surface area contributed by atoms with Crippen LogP contribution in [-0.4, -0.2) is 29.6 Å². The topological polar surface area (TPSA) is 41.0 Å². The van der Waals surface area contributed by atoms with Gasteiger partial charge in [-0.3, -0.25) is 0 Å². The number of nitrogens with one attached hydrogen (secondary N) is 1. The maximum Gasteiger partial charge on any atom is 0.134 e. The Morgan fingerprint density at radius 2 is 1.95 bits per heavy atom. The Morgan fingerprint density at radius 1 is 1.20 bits per heavy atom. The zero-order chi connectivity index (χ0) is 13.9. The summed E-state index contributed by atoms with van der Waals surface area (Å²) in [5, 5.41) is 3.41. The molecule has 1 N–H and O–H groups in total. The average Bonchev–Trinajstić information content (AvgIpc) is 3.05. The molecule has 1 saturated heterocycles. The van der Waals surface area contributed by atoms with Crippen LogP contribution in [0.25, 0.3) is 0 Å². The molecule has 3 rings (SSSR count). The van der Waals surface area contributed by atoms with E-state index in [4.69, 9.17) is 4.98 Å². The molecule has 0 aromatic carbocycles. The van der Waals surface area contributed by atoms with Gasteiger partial charge in [0, 0.05) is 32.1 Å². The highest BCUT2D eigenvalue weighted by atomic mass is 15.2. The van der Waals surface area contributed by atoms with Crippen LogP contribution in [-0.2, 0) is 6.42 Å². The number of fused-ring (bicyclic) bond motifs is 1. The predicted octanol–water partition coefficient (Wildman–Crippen LogP) is 3.10. The summed E-state index contributed by atoms with van der Waals surface area (Å²) in [5.74, 6) is 4.89. The summed E-state index contributed by atoms with van der Waals surface area (Å²) in [6.07, 6.45) is 6.27. The molecular weight excluding hydrogens is 248 g/mol. The molecule has 2 unspecified atom stereocenters. The van der Waals surface area contributed by atoms with Crippen LogP contribution in [0.5, 0.6) is 0 Å². The predicted molar refractivity (Wildman–Crippen MR) is 83.2 cm³/mol. The second-order valence-corrected chi connectivity index (χ2v) is 6.16. The van der Waals surface area contributed by atoms with Crippen molar-refractivity contribution in [3.8, 4) is 0 Å². The molecular formula is C16H26N4. The Morgan fingerprint density at radius 3 is 2.60 bits per heavy atom. The van der Waals surface area contributed by atoms with Crippen molar-refractivity contribution >= 4 is 11.6 Å². The molecule has 1 saturated carbocycles. The normalized spacial score (nSPS) is 25.0. The number of aromatic nitrogens is 2. The molecule has 2 aliphatic rings. The van der Waals surface area contributed by atoms with E-state index in [2.05, 4.69) is 35.1 Å². The van der Waals surface area contributed by atoms with Crippen LogP contribution in [0, 0.1) is 11.8 Å². The van der Waals surface area contributed by atoms with Crippen LogP contribution in [0.3, 0.4) is 0 Å². The number of anilines is 2. The second-order valence-electron chi connectivity index (χ2n) is 6.16. The fourth-order valence-corrected chi connectivity index (χ4v) is 3.57. The minimum Gasteiger partial charge on any atom is -0.370 e. The molecule has 2 heterocycles. The molecule has 1 aromatic heterocycles. The minimum atomic E-state index is 0.898. The molecule has 0 amide bonds. The summed E-state index contributed by atoms with van der Waals surface area (Å²) >= 11 is 0. The summed E-state index contributed by atoms with van der Waals surface area (Å²) in [6, 6.07) is 2.13. The number of hydrogen-bond donors (Lipinski definition) is 1. The quantitative estimate of drug-likeness (QED) is 0.896. The van der Waals surface area contributed by atoms with E-state index >= 15 is 0 Å². The zero-order valence-corrected chi connectivity index (χ0v) is 12.7. The van der Waals surface area contributed by atoms with E-state index in [9.17, 15) is 0 Å². The van der Waals surface area contributed by atoms with Gasteiger partial charge >= 0.3 is 0 Å². The monoisotopic (exact) mass is 274 g/mol. The van der Waals surface area contributed by atoms with Gasteiger partial charge in [-0.1, -0.05) is 20.3 Å². The molecule has 4 heteroatoms. The smallest absolute Gasteiger partial charge is 0.134 e. The second kappa shape index (κ2) is 5.98. The first-order valence-electron chi connectivity index (χ1n) is 8.17. The van der Waals surface area contributed by atoms with Crippen LogP contribution >= 0.6 is 0 Å². The SMILES string of the molecule is CCCNc1cc(N2CC3CCCC3C2)nc(CC)n1. The third-order valence-electron chi connectivity index (χ3n) is 4.68. The molecule has 0 spiro atoms. The Bertz CT molecular complexity index is 448. The molecule has 4 nitrogen and oxygen atoms in total.